The molecule has 1 aromatic heterocycles. The van der Waals surface area contributed by atoms with Crippen molar-refractivity contribution in [3.05, 3.63) is 111 Å². The maximum Gasteiger partial charge on any atom is 0.414 e. The predicted octanol–water partition coefficient (Wildman–Crippen LogP) is 6.85. The molecule has 2 atom stereocenters. The molecule has 1 aliphatic carbocycles. The number of fused-ring (bicyclic) bond motifs is 2. The number of carbonyl (C=O) groups excluding carboxylic acids is 1. The third kappa shape index (κ3) is 5.17. The molecule has 0 saturated heterocycles. The van der Waals surface area contributed by atoms with Crippen LogP contribution in [-0.4, -0.2) is 32.8 Å². The van der Waals surface area contributed by atoms with Crippen LogP contribution in [0.3, 0.4) is 0 Å². The molecule has 198 valence electrons. The quantitative estimate of drug-likeness (QED) is 0.275. The minimum absolute atomic E-state index is 0.145. The zero-order valence-electron chi connectivity index (χ0n) is 20.4. The van der Waals surface area contributed by atoms with Crippen LogP contribution >= 0.6 is 35.0 Å². The van der Waals surface area contributed by atoms with Gasteiger partial charge in [-0.2, -0.15) is 11.8 Å². The van der Waals surface area contributed by atoms with Gasteiger partial charge in [0.1, 0.15) is 5.82 Å². The molecule has 0 spiro atoms. The van der Waals surface area contributed by atoms with E-state index in [2.05, 4.69) is 10.4 Å². The maximum absolute atomic E-state index is 13.5. The van der Waals surface area contributed by atoms with Crippen molar-refractivity contribution in [1.29, 1.82) is 0 Å². The summed E-state index contributed by atoms with van der Waals surface area (Å²) in [6.07, 6.45) is 0.941. The number of halogens is 3. The van der Waals surface area contributed by atoms with Crippen LogP contribution < -0.4 is 10.1 Å². The highest BCUT2D eigenvalue weighted by atomic mass is 35.5. The van der Waals surface area contributed by atoms with Gasteiger partial charge in [-0.3, -0.25) is 0 Å². The summed E-state index contributed by atoms with van der Waals surface area (Å²) in [6, 6.07) is 18.3. The molecule has 2 heterocycles. The molecule has 0 fully saturated rings. The lowest BCUT2D eigenvalue weighted by Gasteiger charge is -2.19. The molecule has 10 heteroatoms. The Morgan fingerprint density at radius 3 is 2.72 bits per heavy atom. The fourth-order valence-corrected chi connectivity index (χ4v) is 6.49. The van der Waals surface area contributed by atoms with Crippen LogP contribution in [0.5, 0.6) is 5.88 Å². The molecule has 1 aliphatic heterocycles. The molecule has 6 rings (SSSR count). The summed E-state index contributed by atoms with van der Waals surface area (Å²) in [4.78, 5) is 13.1. The van der Waals surface area contributed by atoms with E-state index in [0.29, 0.717) is 33.7 Å². The summed E-state index contributed by atoms with van der Waals surface area (Å²) in [7, 11) is 0. The van der Waals surface area contributed by atoms with E-state index >= 15 is 0 Å². The molecule has 4 aromatic rings. The molecule has 2 aliphatic rings. The summed E-state index contributed by atoms with van der Waals surface area (Å²) in [5, 5.41) is 18.9. The molecule has 3 aromatic carbocycles. The van der Waals surface area contributed by atoms with E-state index < -0.39 is 18.2 Å². The number of thioether (sulfide) groups is 1. The topological polar surface area (TPSA) is 76.4 Å². The Balaban J connectivity index is 1.38. The second-order valence-corrected chi connectivity index (χ2v) is 11.2. The van der Waals surface area contributed by atoms with Crippen molar-refractivity contribution in [3.8, 4) is 11.6 Å². The number of nitrogens with one attached hydrogen (secondary N) is 1. The van der Waals surface area contributed by atoms with Crippen molar-refractivity contribution in [1.82, 2.24) is 15.1 Å². The van der Waals surface area contributed by atoms with Crippen molar-refractivity contribution in [2.45, 2.75) is 24.3 Å². The molecule has 2 N–H and O–H groups in total. The van der Waals surface area contributed by atoms with E-state index in [1.54, 1.807) is 46.8 Å². The van der Waals surface area contributed by atoms with Crippen molar-refractivity contribution < 1.29 is 19.0 Å². The second kappa shape index (κ2) is 10.7. The number of hydrogen-bond acceptors (Lipinski definition) is 5. The van der Waals surface area contributed by atoms with Gasteiger partial charge < -0.3 is 15.2 Å². The van der Waals surface area contributed by atoms with Gasteiger partial charge in [0.2, 0.25) is 5.88 Å². The lowest BCUT2D eigenvalue weighted by atomic mass is 10.1. The molecule has 0 saturated carbocycles. The van der Waals surface area contributed by atoms with Gasteiger partial charge in [-0.05, 0) is 58.7 Å². The third-order valence-corrected chi connectivity index (χ3v) is 8.32. The summed E-state index contributed by atoms with van der Waals surface area (Å²) in [6.45, 7) is 0. The summed E-state index contributed by atoms with van der Waals surface area (Å²) in [5.41, 5.74) is 5.64. The van der Waals surface area contributed by atoms with Crippen molar-refractivity contribution in [2.24, 2.45) is 0 Å². The molecule has 0 unspecified atom stereocenters. The van der Waals surface area contributed by atoms with Gasteiger partial charge in [0, 0.05) is 22.9 Å². The zero-order valence-corrected chi connectivity index (χ0v) is 22.7. The largest absolute Gasteiger partial charge is 0.414 e. The number of carbonyl (C=O) groups is 1. The van der Waals surface area contributed by atoms with Crippen LogP contribution in [0.15, 0.2) is 66.7 Å². The first-order valence-electron chi connectivity index (χ1n) is 12.2. The molecule has 0 radical (unpaired) electrons. The van der Waals surface area contributed by atoms with E-state index in [1.807, 2.05) is 30.3 Å². The molecular formula is C29H22Cl2FN3O3S. The van der Waals surface area contributed by atoms with E-state index in [1.165, 1.54) is 12.1 Å². The smallest absolute Gasteiger partial charge is 0.390 e. The Labute approximate surface area is 238 Å². The van der Waals surface area contributed by atoms with Gasteiger partial charge in [-0.1, -0.05) is 59.6 Å². The second-order valence-electron chi connectivity index (χ2n) is 9.34. The Hall–Kier alpha value is -3.30. The number of rotatable bonds is 4. The standard InChI is InChI=1S/C29H22Cl2FN3O3S/c30-19-7-10-24(23(31)13-19)35-27-18(11-16-5-8-20(32)9-6-16)14-39-15-22(27)28(34-35)38-29(37)33-26-21-4-2-1-3-17(21)12-25(26)36/h1-11,13,25-26,36H,12,14-15H2,(H,33,37)/b18-11+/t25-,26+/m1/s1. The van der Waals surface area contributed by atoms with Gasteiger partial charge in [0.05, 0.1) is 34.1 Å². The zero-order chi connectivity index (χ0) is 27.1. The first kappa shape index (κ1) is 26.0. The minimum atomic E-state index is -0.755. The van der Waals surface area contributed by atoms with Crippen LogP contribution in [0, 0.1) is 5.82 Å². The highest BCUT2D eigenvalue weighted by Crippen LogP contribution is 2.41. The lowest BCUT2D eigenvalue weighted by Crippen LogP contribution is -2.36. The fourth-order valence-electron chi connectivity index (χ4n) is 4.99. The number of ether oxygens (including phenoxy) is 1. The first-order chi connectivity index (χ1) is 18.9. The van der Waals surface area contributed by atoms with Crippen molar-refractivity contribution in [2.75, 3.05) is 5.75 Å². The predicted molar refractivity (Wildman–Crippen MR) is 152 cm³/mol. The first-order valence-corrected chi connectivity index (χ1v) is 14.1. The van der Waals surface area contributed by atoms with E-state index in [-0.39, 0.29) is 11.7 Å². The monoisotopic (exact) mass is 581 g/mol. The Kier molecular flexibility index (Phi) is 7.12. The van der Waals surface area contributed by atoms with Gasteiger partial charge in [0.25, 0.3) is 0 Å². The fraction of sp³-hybridized carbons (Fsp3) is 0.172. The maximum atomic E-state index is 13.5. The average molecular weight is 582 g/mol. The van der Waals surface area contributed by atoms with Gasteiger partial charge in [0.15, 0.2) is 0 Å². The summed E-state index contributed by atoms with van der Waals surface area (Å²) >= 11 is 14.4. The Morgan fingerprint density at radius 1 is 1.13 bits per heavy atom. The molecule has 39 heavy (non-hydrogen) atoms. The highest BCUT2D eigenvalue weighted by molar-refractivity contribution is 7.99. The van der Waals surface area contributed by atoms with Gasteiger partial charge >= 0.3 is 6.09 Å². The van der Waals surface area contributed by atoms with Crippen molar-refractivity contribution in [3.63, 3.8) is 0 Å². The van der Waals surface area contributed by atoms with Crippen LogP contribution in [0.2, 0.25) is 10.0 Å². The van der Waals surface area contributed by atoms with Crippen LogP contribution in [0.25, 0.3) is 17.3 Å². The van der Waals surface area contributed by atoms with Gasteiger partial charge in [-0.15, -0.1) is 5.10 Å². The Bertz CT molecular complexity index is 1610. The summed E-state index contributed by atoms with van der Waals surface area (Å²) in [5.74, 6) is 1.05. The molecular weight excluding hydrogens is 560 g/mol. The highest BCUT2D eigenvalue weighted by Gasteiger charge is 2.34. The number of nitrogens with zero attached hydrogens (tertiary/aromatic N) is 2. The van der Waals surface area contributed by atoms with E-state index in [0.717, 1.165) is 33.5 Å². The number of aromatic nitrogens is 2. The van der Waals surface area contributed by atoms with E-state index in [4.69, 9.17) is 27.9 Å². The SMILES string of the molecule is O=C(N[C@H]1c2ccccc2C[C@H]1O)Oc1nn(-c2ccc(Cl)cc2Cl)c2c1CSC/C2=C\c1ccc(F)cc1. The normalized spacial score (nSPS) is 19.0. The lowest BCUT2D eigenvalue weighted by molar-refractivity contribution is 0.132. The van der Waals surface area contributed by atoms with Crippen LogP contribution in [0.1, 0.15) is 34.0 Å². The van der Waals surface area contributed by atoms with E-state index in [9.17, 15) is 14.3 Å². The number of aliphatic hydroxyl groups is 1. The number of benzene rings is 3. The minimum Gasteiger partial charge on any atom is -0.390 e. The Morgan fingerprint density at radius 2 is 1.92 bits per heavy atom. The van der Waals surface area contributed by atoms with Crippen LogP contribution in [-0.2, 0) is 12.2 Å². The molecule has 6 nitrogen and oxygen atoms in total. The third-order valence-electron chi connectivity index (χ3n) is 6.77. The number of hydrogen-bond donors (Lipinski definition) is 2. The summed E-state index contributed by atoms with van der Waals surface area (Å²) < 4.78 is 20.9. The number of amides is 1. The molecule has 1 amide bonds. The number of aliphatic hydroxyl groups excluding tert-OH is 1. The average Bonchev–Trinajstić information content (AvgIpc) is 3.43. The van der Waals surface area contributed by atoms with Crippen LogP contribution in [0.4, 0.5) is 9.18 Å². The molecule has 0 bridgehead atoms. The van der Waals surface area contributed by atoms with Gasteiger partial charge in [-0.25, -0.2) is 13.9 Å². The van der Waals surface area contributed by atoms with Crippen molar-refractivity contribution >= 4 is 52.7 Å².